The summed E-state index contributed by atoms with van der Waals surface area (Å²) < 4.78 is 160. The van der Waals surface area contributed by atoms with Crippen LogP contribution in [0, 0.1) is 11.3 Å². The summed E-state index contributed by atoms with van der Waals surface area (Å²) in [4.78, 5) is 38.7. The number of nitriles is 1. The number of amides is 4. The van der Waals surface area contributed by atoms with Crippen LogP contribution in [-0.4, -0.2) is 76.3 Å². The third-order valence-corrected chi connectivity index (χ3v) is 6.63. The molecule has 0 radical (unpaired) electrons. The largest absolute Gasteiger partial charge is 0.460 e. The topological polar surface area (TPSA) is 84.7 Å². The Morgan fingerprint density at radius 3 is 2.03 bits per heavy atom. The third kappa shape index (κ3) is 3.70. The maximum absolute atomic E-state index is 14.3. The van der Waals surface area contributed by atoms with Crippen LogP contribution in [0.4, 0.5) is 63.2 Å². The number of carbonyl (C=O) groups excluding carboxylic acids is 3. The number of halogens is 12. The lowest BCUT2D eigenvalue weighted by atomic mass is 10.0. The first-order valence-electron chi connectivity index (χ1n) is 10.4. The van der Waals surface area contributed by atoms with Crippen LogP contribution in [-0.2, 0) is 15.8 Å². The molecule has 4 amide bonds. The fraction of sp³-hybridized carbons (Fsp3) is 0.500. The molecule has 0 aromatic heterocycles. The van der Waals surface area contributed by atoms with Gasteiger partial charge in [-0.3, -0.25) is 9.59 Å². The third-order valence-electron chi connectivity index (χ3n) is 6.63. The molecule has 1 aromatic rings. The van der Waals surface area contributed by atoms with E-state index in [0.29, 0.717) is 11.0 Å². The van der Waals surface area contributed by atoms with Gasteiger partial charge in [-0.25, -0.2) is 9.69 Å². The number of likely N-dealkylation sites (tertiary alicyclic amines) is 1. The molecule has 3 saturated heterocycles. The molecular formula is C20H10F12N4O3. The van der Waals surface area contributed by atoms with E-state index in [4.69, 9.17) is 5.26 Å². The second kappa shape index (κ2) is 8.14. The second-order valence-corrected chi connectivity index (χ2v) is 8.78. The number of imide groups is 1. The van der Waals surface area contributed by atoms with E-state index in [1.54, 1.807) is 0 Å². The molecule has 1 aromatic carbocycles. The predicted octanol–water partition coefficient (Wildman–Crippen LogP) is 4.17. The Kier molecular flexibility index (Phi) is 5.91. The number of urea groups is 1. The normalized spacial score (nSPS) is 24.0. The fourth-order valence-electron chi connectivity index (χ4n) is 4.82. The van der Waals surface area contributed by atoms with Gasteiger partial charge in [0.25, 0.3) is 11.8 Å². The highest BCUT2D eigenvalue weighted by atomic mass is 19.4. The highest BCUT2D eigenvalue weighted by Gasteiger charge is 2.84. The summed E-state index contributed by atoms with van der Waals surface area (Å²) in [6, 6.07) is -3.64. The van der Waals surface area contributed by atoms with E-state index < -0.39 is 95.9 Å². The van der Waals surface area contributed by atoms with E-state index in [9.17, 15) is 67.1 Å². The molecule has 1 unspecified atom stereocenters. The molecule has 3 fully saturated rings. The molecule has 3 aliphatic heterocycles. The van der Waals surface area contributed by atoms with Gasteiger partial charge in [0.15, 0.2) is 0 Å². The number of alkyl halides is 12. The number of hydrogen-bond donors (Lipinski definition) is 0. The van der Waals surface area contributed by atoms with Gasteiger partial charge >= 0.3 is 36.2 Å². The van der Waals surface area contributed by atoms with E-state index in [2.05, 4.69) is 0 Å². The molecule has 7 nitrogen and oxygen atoms in total. The van der Waals surface area contributed by atoms with Crippen LogP contribution in [0.3, 0.4) is 0 Å². The molecule has 0 aliphatic carbocycles. The molecule has 212 valence electrons. The van der Waals surface area contributed by atoms with Crippen LogP contribution >= 0.6 is 0 Å². The first-order chi connectivity index (χ1) is 17.6. The molecule has 19 heteroatoms. The average molecular weight is 582 g/mol. The number of fused-ring (bicyclic) bond motifs is 5. The monoisotopic (exact) mass is 582 g/mol. The lowest BCUT2D eigenvalue weighted by Gasteiger charge is -2.39. The van der Waals surface area contributed by atoms with Crippen LogP contribution in [0.1, 0.15) is 17.5 Å². The fourth-order valence-corrected chi connectivity index (χ4v) is 4.82. The minimum absolute atomic E-state index is 0.152. The molecule has 39 heavy (non-hydrogen) atoms. The molecule has 0 saturated carbocycles. The lowest BCUT2D eigenvalue weighted by molar-refractivity contribution is -0.389. The number of piperazine rings is 1. The first-order valence-corrected chi connectivity index (χ1v) is 10.4. The Bertz CT molecular complexity index is 1300. The first kappa shape index (κ1) is 28.3. The van der Waals surface area contributed by atoms with Gasteiger partial charge in [-0.1, -0.05) is 0 Å². The molecule has 3 heterocycles. The van der Waals surface area contributed by atoms with Crippen molar-refractivity contribution in [3.8, 4) is 6.07 Å². The quantitative estimate of drug-likeness (QED) is 0.395. The van der Waals surface area contributed by atoms with Gasteiger partial charge in [-0.05, 0) is 24.6 Å². The van der Waals surface area contributed by atoms with Crippen molar-refractivity contribution < 1.29 is 67.1 Å². The lowest BCUT2D eigenvalue weighted by Crippen LogP contribution is -2.67. The van der Waals surface area contributed by atoms with E-state index in [1.807, 2.05) is 0 Å². The van der Waals surface area contributed by atoms with E-state index >= 15 is 0 Å². The molecular weight excluding hydrogens is 572 g/mol. The van der Waals surface area contributed by atoms with Crippen LogP contribution in [0.5, 0.6) is 0 Å². The maximum atomic E-state index is 14.3. The van der Waals surface area contributed by atoms with E-state index in [0.717, 1.165) is 6.07 Å². The number of nitrogens with zero attached hydrogens (tertiary/aromatic N) is 4. The van der Waals surface area contributed by atoms with Crippen molar-refractivity contribution in [3.63, 3.8) is 0 Å². The molecule has 0 spiro atoms. The standard InChI is InChI=1S/C20H10F12N4O3/c21-16(22,18(26,27)19(28,29)20(30,31)32)14(38)34-6-9-4-11(34)12-13(37)36(15(39)35(9)12)8-2-1-7(5-33)10(3-8)17(23,24)25/h1-3,9,11-12H,4,6H2/t9-,11?,12-/m1/s1. The summed E-state index contributed by atoms with van der Waals surface area (Å²) in [7, 11) is 0. The zero-order valence-electron chi connectivity index (χ0n) is 18.4. The Morgan fingerprint density at radius 1 is 0.923 bits per heavy atom. The van der Waals surface area contributed by atoms with Crippen LogP contribution in [0.25, 0.3) is 0 Å². The summed E-state index contributed by atoms with van der Waals surface area (Å²) in [5, 5.41) is 8.88. The SMILES string of the molecule is N#Cc1ccc(N2C(=O)[C@H]3C4C[C@H](CN4C(=O)C(F)(F)C(F)(F)C(F)(F)C(F)(F)F)N3C2=O)cc1C(F)(F)F. The van der Waals surface area contributed by atoms with Gasteiger partial charge in [0.05, 0.1) is 35.0 Å². The maximum Gasteiger partial charge on any atom is 0.460 e. The molecule has 0 N–H and O–H groups in total. The number of carbonyl (C=O) groups is 3. The zero-order chi connectivity index (χ0) is 29.7. The van der Waals surface area contributed by atoms with Gasteiger partial charge in [-0.15, -0.1) is 0 Å². The van der Waals surface area contributed by atoms with Gasteiger partial charge in [0, 0.05) is 6.54 Å². The minimum atomic E-state index is -7.34. The highest BCUT2D eigenvalue weighted by Crippen LogP contribution is 2.54. The van der Waals surface area contributed by atoms with Crippen molar-refractivity contribution in [1.82, 2.24) is 9.80 Å². The van der Waals surface area contributed by atoms with Crippen molar-refractivity contribution in [2.75, 3.05) is 11.4 Å². The summed E-state index contributed by atoms with van der Waals surface area (Å²) in [6.07, 6.45) is -12.8. The van der Waals surface area contributed by atoms with Gasteiger partial charge < -0.3 is 9.80 Å². The highest BCUT2D eigenvalue weighted by molar-refractivity contribution is 6.22. The van der Waals surface area contributed by atoms with Crippen molar-refractivity contribution in [2.45, 2.75) is 54.7 Å². The van der Waals surface area contributed by atoms with E-state index in [1.165, 1.54) is 6.07 Å². The van der Waals surface area contributed by atoms with Crippen LogP contribution in [0.15, 0.2) is 18.2 Å². The van der Waals surface area contributed by atoms with Crippen molar-refractivity contribution in [3.05, 3.63) is 29.3 Å². The van der Waals surface area contributed by atoms with E-state index in [-0.39, 0.29) is 15.9 Å². The van der Waals surface area contributed by atoms with Crippen molar-refractivity contribution in [2.24, 2.45) is 0 Å². The van der Waals surface area contributed by atoms with Gasteiger partial charge in [0.2, 0.25) is 0 Å². The van der Waals surface area contributed by atoms with Gasteiger partial charge in [-0.2, -0.15) is 57.9 Å². The van der Waals surface area contributed by atoms with Gasteiger partial charge in [0.1, 0.15) is 6.04 Å². The molecule has 3 atom stereocenters. The summed E-state index contributed by atoms with van der Waals surface area (Å²) in [5.74, 6) is -25.8. The number of hydrogen-bond acceptors (Lipinski definition) is 4. The van der Waals surface area contributed by atoms with Crippen LogP contribution in [0.2, 0.25) is 0 Å². The Hall–Kier alpha value is -3.72. The predicted molar refractivity (Wildman–Crippen MR) is 99.5 cm³/mol. The Balaban J connectivity index is 1.66. The summed E-state index contributed by atoms with van der Waals surface area (Å²) in [6.45, 7) is -1.07. The van der Waals surface area contributed by atoms with Crippen LogP contribution < -0.4 is 4.90 Å². The number of anilines is 1. The van der Waals surface area contributed by atoms with Crippen molar-refractivity contribution in [1.29, 1.82) is 5.26 Å². The molecule has 2 bridgehead atoms. The number of rotatable bonds is 4. The summed E-state index contributed by atoms with van der Waals surface area (Å²) >= 11 is 0. The molecule has 4 rings (SSSR count). The Morgan fingerprint density at radius 2 is 1.51 bits per heavy atom. The average Bonchev–Trinajstić information content (AvgIpc) is 3.47. The zero-order valence-corrected chi connectivity index (χ0v) is 18.4. The number of benzene rings is 1. The smallest absolute Gasteiger partial charge is 0.330 e. The molecule has 3 aliphatic rings. The van der Waals surface area contributed by atoms with Crippen molar-refractivity contribution >= 4 is 23.5 Å². The second-order valence-electron chi connectivity index (χ2n) is 8.78. The minimum Gasteiger partial charge on any atom is -0.330 e. The summed E-state index contributed by atoms with van der Waals surface area (Å²) in [5.41, 5.74) is -3.17. The Labute approximate surface area is 208 Å².